The molecule has 2 aromatic heterocycles. The number of benzene rings is 2. The van der Waals surface area contributed by atoms with E-state index in [0.29, 0.717) is 56.7 Å². The average Bonchev–Trinajstić information content (AvgIpc) is 3.43. The molecule has 0 atom stereocenters. The van der Waals surface area contributed by atoms with Crippen molar-refractivity contribution in [1.29, 1.82) is 0 Å². The predicted octanol–water partition coefficient (Wildman–Crippen LogP) is 4.47. The van der Waals surface area contributed by atoms with E-state index in [-0.39, 0.29) is 24.5 Å². The van der Waals surface area contributed by atoms with E-state index >= 15 is 0 Å². The number of nitrogens with one attached hydrogen (secondary N) is 1. The van der Waals surface area contributed by atoms with Crippen LogP contribution in [-0.2, 0) is 16.1 Å². The first-order valence-electron chi connectivity index (χ1n) is 14.2. The minimum Gasteiger partial charge on any atom is -0.479 e. The van der Waals surface area contributed by atoms with Gasteiger partial charge in [-0.15, -0.1) is 0 Å². The lowest BCUT2D eigenvalue weighted by atomic mass is 9.96. The maximum absolute atomic E-state index is 12.8. The van der Waals surface area contributed by atoms with Gasteiger partial charge in [0.25, 0.3) is 5.91 Å². The van der Waals surface area contributed by atoms with Crippen molar-refractivity contribution in [3.8, 4) is 5.88 Å². The van der Waals surface area contributed by atoms with Crippen molar-refractivity contribution >= 4 is 29.0 Å². The number of rotatable bonds is 7. The topological polar surface area (TPSA) is 111 Å². The highest BCUT2D eigenvalue weighted by Crippen LogP contribution is 2.35. The molecule has 0 bridgehead atoms. The molecule has 2 amide bonds. The number of piperidine rings is 1. The zero-order chi connectivity index (χ0) is 28.9. The average molecular weight is 571 g/mol. The Morgan fingerprint density at radius 3 is 2.43 bits per heavy atom. The molecule has 2 fully saturated rings. The van der Waals surface area contributed by atoms with Gasteiger partial charge in [0.2, 0.25) is 5.88 Å². The highest BCUT2D eigenvalue weighted by Gasteiger charge is 2.29. The van der Waals surface area contributed by atoms with Crippen LogP contribution in [0.15, 0.2) is 67.0 Å². The Bertz CT molecular complexity index is 1530. The Morgan fingerprint density at radius 1 is 0.976 bits per heavy atom. The zero-order valence-corrected chi connectivity index (χ0v) is 23.6. The number of amides is 2. The number of methoxy groups -OCH3 is 1. The summed E-state index contributed by atoms with van der Waals surface area (Å²) in [5.74, 6) is 2.09. The first-order valence-corrected chi connectivity index (χ1v) is 14.2. The maximum Gasteiger partial charge on any atom is 0.410 e. The van der Waals surface area contributed by atoms with Gasteiger partial charge in [0.1, 0.15) is 12.4 Å². The van der Waals surface area contributed by atoms with Crippen molar-refractivity contribution in [3.05, 3.63) is 83.9 Å². The molecule has 42 heavy (non-hydrogen) atoms. The van der Waals surface area contributed by atoms with Gasteiger partial charge in [-0.05, 0) is 42.7 Å². The third-order valence-electron chi connectivity index (χ3n) is 7.76. The fraction of sp³-hybridized carbons (Fsp3) is 0.355. The second-order valence-electron chi connectivity index (χ2n) is 10.4. The minimum absolute atomic E-state index is 0.000682. The minimum atomic E-state index is -0.297. The number of ether oxygens (including phenoxy) is 3. The van der Waals surface area contributed by atoms with E-state index < -0.39 is 0 Å². The molecule has 11 heteroatoms. The van der Waals surface area contributed by atoms with Gasteiger partial charge in [0.15, 0.2) is 11.3 Å². The lowest BCUT2D eigenvalue weighted by Crippen LogP contribution is -2.40. The molecule has 2 aliphatic rings. The van der Waals surface area contributed by atoms with Crippen molar-refractivity contribution in [2.24, 2.45) is 0 Å². The number of carbonyl (C=O) groups is 2. The summed E-state index contributed by atoms with van der Waals surface area (Å²) in [5.41, 5.74) is 3.12. The second kappa shape index (κ2) is 12.5. The molecular formula is C31H34N6O5. The Kier molecular flexibility index (Phi) is 8.18. The third kappa shape index (κ3) is 5.87. The first-order chi connectivity index (χ1) is 20.6. The smallest absolute Gasteiger partial charge is 0.410 e. The Labute approximate surface area is 244 Å². The van der Waals surface area contributed by atoms with Gasteiger partial charge >= 0.3 is 6.09 Å². The summed E-state index contributed by atoms with van der Waals surface area (Å²) >= 11 is 0. The van der Waals surface area contributed by atoms with Crippen LogP contribution in [0.5, 0.6) is 5.88 Å². The maximum atomic E-state index is 12.8. The second-order valence-corrected chi connectivity index (χ2v) is 10.4. The summed E-state index contributed by atoms with van der Waals surface area (Å²) in [6.07, 6.45) is 4.79. The number of aromatic nitrogens is 3. The van der Waals surface area contributed by atoms with Crippen LogP contribution < -0.4 is 10.1 Å². The lowest BCUT2D eigenvalue weighted by molar-refractivity contribution is 0.0303. The number of fused-ring (bicyclic) bond motifs is 1. The first kappa shape index (κ1) is 27.5. The molecule has 2 aromatic carbocycles. The fourth-order valence-corrected chi connectivity index (χ4v) is 5.47. The number of morpholine rings is 1. The zero-order valence-electron chi connectivity index (χ0n) is 23.6. The van der Waals surface area contributed by atoms with Crippen molar-refractivity contribution in [3.63, 3.8) is 0 Å². The Hall–Kier alpha value is -4.64. The molecule has 2 saturated heterocycles. The molecule has 1 N–H and O–H groups in total. The molecular weight excluding hydrogens is 536 g/mol. The van der Waals surface area contributed by atoms with E-state index in [9.17, 15) is 9.59 Å². The van der Waals surface area contributed by atoms with E-state index in [0.717, 1.165) is 35.4 Å². The normalized spacial score (nSPS) is 15.9. The Balaban J connectivity index is 1.16. The molecule has 0 radical (unpaired) electrons. The number of hydrogen-bond donors (Lipinski definition) is 1. The summed E-state index contributed by atoms with van der Waals surface area (Å²) in [6, 6.07) is 17.1. The Morgan fingerprint density at radius 2 is 1.71 bits per heavy atom. The van der Waals surface area contributed by atoms with Crippen LogP contribution in [0.25, 0.3) is 5.52 Å². The molecule has 0 aliphatic carbocycles. The molecule has 218 valence electrons. The van der Waals surface area contributed by atoms with Crippen LogP contribution >= 0.6 is 0 Å². The molecule has 2 aliphatic heterocycles. The van der Waals surface area contributed by atoms with Crippen LogP contribution in [-0.4, -0.2) is 82.7 Å². The third-order valence-corrected chi connectivity index (χ3v) is 7.76. The van der Waals surface area contributed by atoms with Crippen molar-refractivity contribution in [1.82, 2.24) is 24.2 Å². The number of imidazole rings is 1. The number of likely N-dealkylation sites (tertiary alicyclic amines) is 1. The molecule has 0 unspecified atom stereocenters. The van der Waals surface area contributed by atoms with E-state index in [4.69, 9.17) is 19.2 Å². The van der Waals surface area contributed by atoms with Gasteiger partial charge in [0.05, 0.1) is 20.3 Å². The number of hydrogen-bond acceptors (Lipinski definition) is 8. The van der Waals surface area contributed by atoms with Gasteiger partial charge in [0, 0.05) is 55.7 Å². The number of anilines is 2. The molecule has 11 nitrogen and oxygen atoms in total. The standard InChI is InChI=1S/C31H34N6O5/c1-40-29-26-27(33-25-9-7-24(8-10-25)30(38)35-17-19-41-20-18-35)34-28(37(26)16-13-32-29)23-11-14-36(15-12-23)31(39)42-21-22-5-3-2-4-6-22/h2-10,13,16,23,33H,11-12,14-15,17-21H2,1H3. The largest absolute Gasteiger partial charge is 0.479 e. The fourth-order valence-electron chi connectivity index (χ4n) is 5.47. The van der Waals surface area contributed by atoms with Crippen LogP contribution in [0.2, 0.25) is 0 Å². The van der Waals surface area contributed by atoms with Crippen molar-refractivity contribution < 1.29 is 23.8 Å². The molecule has 0 spiro atoms. The van der Waals surface area contributed by atoms with Crippen LogP contribution in [0.1, 0.15) is 40.5 Å². The van der Waals surface area contributed by atoms with Gasteiger partial charge in [-0.3, -0.25) is 9.20 Å². The van der Waals surface area contributed by atoms with Crippen LogP contribution in [0, 0.1) is 0 Å². The van der Waals surface area contributed by atoms with E-state index in [1.807, 2.05) is 70.1 Å². The van der Waals surface area contributed by atoms with Crippen molar-refractivity contribution in [2.75, 3.05) is 51.8 Å². The lowest BCUT2D eigenvalue weighted by Gasteiger charge is -2.30. The summed E-state index contributed by atoms with van der Waals surface area (Å²) < 4.78 is 18.5. The SMILES string of the molecule is COc1nccn2c(C3CCN(C(=O)OCc4ccccc4)CC3)nc(Nc3ccc(C(=O)N4CCOCC4)cc3)c12. The number of nitrogens with zero attached hydrogens (tertiary/aromatic N) is 5. The van der Waals surface area contributed by atoms with Crippen LogP contribution in [0.4, 0.5) is 16.3 Å². The molecule has 4 aromatic rings. The summed E-state index contributed by atoms with van der Waals surface area (Å²) in [6.45, 7) is 3.75. The van der Waals surface area contributed by atoms with Gasteiger partial charge in [-0.1, -0.05) is 30.3 Å². The van der Waals surface area contributed by atoms with E-state index in [1.165, 1.54) is 0 Å². The van der Waals surface area contributed by atoms with Gasteiger partial charge < -0.3 is 29.3 Å². The van der Waals surface area contributed by atoms with E-state index in [2.05, 4.69) is 10.3 Å². The van der Waals surface area contributed by atoms with Gasteiger partial charge in [-0.2, -0.15) is 0 Å². The summed E-state index contributed by atoms with van der Waals surface area (Å²) in [4.78, 5) is 38.5. The number of carbonyl (C=O) groups excluding carboxylic acids is 2. The van der Waals surface area contributed by atoms with Gasteiger partial charge in [-0.25, -0.2) is 14.8 Å². The highest BCUT2D eigenvalue weighted by atomic mass is 16.6. The monoisotopic (exact) mass is 570 g/mol. The van der Waals surface area contributed by atoms with Crippen LogP contribution in [0.3, 0.4) is 0 Å². The quantitative estimate of drug-likeness (QED) is 0.347. The van der Waals surface area contributed by atoms with Crippen molar-refractivity contribution in [2.45, 2.75) is 25.4 Å². The predicted molar refractivity (Wildman–Crippen MR) is 156 cm³/mol. The van der Waals surface area contributed by atoms with E-state index in [1.54, 1.807) is 18.2 Å². The molecule has 6 rings (SSSR count). The summed E-state index contributed by atoms with van der Waals surface area (Å²) in [5, 5.41) is 3.40. The molecule has 4 heterocycles. The highest BCUT2D eigenvalue weighted by molar-refractivity contribution is 5.94. The summed E-state index contributed by atoms with van der Waals surface area (Å²) in [7, 11) is 1.59. The molecule has 0 saturated carbocycles.